The molecule has 11 nitrogen and oxygen atoms in total. The molecule has 0 saturated carbocycles. The first-order valence-electron chi connectivity index (χ1n) is 20.9. The zero-order valence-electron chi connectivity index (χ0n) is 34.4. The number of carbonyl (C=O) groups excluding carboxylic acids is 5. The number of benzene rings is 4. The topological polar surface area (TPSA) is 132 Å². The highest BCUT2D eigenvalue weighted by atomic mass is 16.5. The number of fused-ring (bicyclic) bond motifs is 4. The summed E-state index contributed by atoms with van der Waals surface area (Å²) in [6.07, 6.45) is 3.04. The number of unbranched alkanes of at least 4 members (excludes halogenated alkanes) is 1. The van der Waals surface area contributed by atoms with Crippen molar-refractivity contribution in [1.82, 2.24) is 5.32 Å². The lowest BCUT2D eigenvalue weighted by Crippen LogP contribution is -2.36. The number of anilines is 2. The molecule has 4 aromatic carbocycles. The van der Waals surface area contributed by atoms with E-state index in [9.17, 15) is 24.0 Å². The van der Waals surface area contributed by atoms with Gasteiger partial charge in [0.25, 0.3) is 0 Å². The van der Waals surface area contributed by atoms with Crippen LogP contribution in [-0.2, 0) is 51.3 Å². The minimum Gasteiger partial charge on any atom is -0.381 e. The van der Waals surface area contributed by atoms with Crippen molar-refractivity contribution in [2.24, 2.45) is 0 Å². The predicted molar refractivity (Wildman–Crippen MR) is 233 cm³/mol. The quantitative estimate of drug-likeness (QED) is 0.0722. The number of ether oxygens (including phenoxy) is 3. The molecule has 1 N–H and O–H groups in total. The van der Waals surface area contributed by atoms with Gasteiger partial charge in [-0.15, -0.1) is 0 Å². The molecule has 2 aliphatic rings. The van der Waals surface area contributed by atoms with Gasteiger partial charge in [0.15, 0.2) is 5.78 Å². The number of hydrogen-bond acceptors (Lipinski definition) is 8. The second kappa shape index (κ2) is 23.4. The third-order valence-corrected chi connectivity index (χ3v) is 10.2. The van der Waals surface area contributed by atoms with Crippen LogP contribution in [-0.4, -0.2) is 75.5 Å². The molecular formula is C50H51N3O8. The maximum absolute atomic E-state index is 13.4. The number of carbonyl (C=O) groups is 5. The first kappa shape index (κ1) is 44.2. The maximum Gasteiger partial charge on any atom is 0.246 e. The van der Waals surface area contributed by atoms with Gasteiger partial charge >= 0.3 is 0 Å². The average molecular weight is 822 g/mol. The highest BCUT2D eigenvalue weighted by molar-refractivity contribution is 5.97. The zero-order chi connectivity index (χ0) is 42.7. The van der Waals surface area contributed by atoms with E-state index in [0.717, 1.165) is 44.8 Å². The van der Waals surface area contributed by atoms with E-state index in [2.05, 4.69) is 29.0 Å². The lowest BCUT2D eigenvalue weighted by molar-refractivity contribution is -0.128. The molecule has 11 heteroatoms. The van der Waals surface area contributed by atoms with Crippen LogP contribution in [0.1, 0.15) is 84.7 Å². The average Bonchev–Trinajstić information content (AvgIpc) is 3.26. The van der Waals surface area contributed by atoms with Crippen LogP contribution in [0.5, 0.6) is 0 Å². The van der Waals surface area contributed by atoms with Crippen LogP contribution < -0.4 is 15.1 Å². The van der Waals surface area contributed by atoms with Crippen molar-refractivity contribution in [2.45, 2.75) is 64.5 Å². The molecule has 0 saturated heterocycles. The highest BCUT2D eigenvalue weighted by Crippen LogP contribution is 2.27. The smallest absolute Gasteiger partial charge is 0.246 e. The Kier molecular flexibility index (Phi) is 17.0. The molecule has 4 aromatic rings. The van der Waals surface area contributed by atoms with E-state index in [1.807, 2.05) is 97.1 Å². The van der Waals surface area contributed by atoms with Crippen molar-refractivity contribution in [1.29, 1.82) is 0 Å². The van der Waals surface area contributed by atoms with Crippen LogP contribution in [0.15, 0.2) is 97.1 Å². The zero-order valence-corrected chi connectivity index (χ0v) is 34.4. The summed E-state index contributed by atoms with van der Waals surface area (Å²) in [7, 11) is 0. The number of nitrogens with one attached hydrogen (secondary N) is 1. The standard InChI is InChI=1S/C50H51N3O8/c54-44(26-27-49(57)52-34-42-16-3-1-12-38(42)22-24-40-14-5-7-20-46(40)52)19-11-31-59-30-10-9-18-45(55)36-60-32-33-61-37-48(56)51-29-28-50(58)53-35-43-17-4-2-13-39(43)23-25-41-15-6-8-21-47(41)53/h1-8,12-17,20-21H,9-11,18-19,26-37H2,(H,51,56). The Morgan fingerprint density at radius 2 is 0.967 bits per heavy atom. The molecule has 0 atom stereocenters. The first-order valence-corrected chi connectivity index (χ1v) is 20.9. The summed E-state index contributed by atoms with van der Waals surface area (Å²) in [6.45, 7) is 1.96. The second-order valence-corrected chi connectivity index (χ2v) is 14.8. The third-order valence-electron chi connectivity index (χ3n) is 10.2. The Morgan fingerprint density at radius 1 is 0.475 bits per heavy atom. The van der Waals surface area contributed by atoms with Crippen molar-refractivity contribution >= 4 is 40.7 Å². The molecule has 0 aliphatic carbocycles. The Balaban J connectivity index is 0.753. The summed E-state index contributed by atoms with van der Waals surface area (Å²) in [5.41, 5.74) is 6.76. The van der Waals surface area contributed by atoms with Crippen molar-refractivity contribution in [3.63, 3.8) is 0 Å². The van der Waals surface area contributed by atoms with Gasteiger partial charge in [-0.25, -0.2) is 0 Å². The van der Waals surface area contributed by atoms with Crippen molar-refractivity contribution in [3.8, 4) is 23.7 Å². The Labute approximate surface area is 357 Å². The van der Waals surface area contributed by atoms with Gasteiger partial charge in [0, 0.05) is 74.1 Å². The van der Waals surface area contributed by atoms with Crippen LogP contribution in [0.3, 0.4) is 0 Å². The number of hydrogen-bond donors (Lipinski definition) is 1. The van der Waals surface area contributed by atoms with E-state index >= 15 is 0 Å². The van der Waals surface area contributed by atoms with Crippen molar-refractivity contribution in [2.75, 3.05) is 56.0 Å². The Bertz CT molecular complexity index is 2320. The van der Waals surface area contributed by atoms with E-state index in [0.29, 0.717) is 58.4 Å². The van der Waals surface area contributed by atoms with Crippen LogP contribution in [0.4, 0.5) is 11.4 Å². The van der Waals surface area contributed by atoms with E-state index in [1.165, 1.54) is 0 Å². The fourth-order valence-electron chi connectivity index (χ4n) is 6.96. The van der Waals surface area contributed by atoms with E-state index in [1.54, 1.807) is 9.80 Å². The molecule has 2 heterocycles. The van der Waals surface area contributed by atoms with Crippen LogP contribution in [0.25, 0.3) is 0 Å². The van der Waals surface area contributed by atoms with E-state index in [4.69, 9.17) is 14.2 Å². The lowest BCUT2D eigenvalue weighted by Gasteiger charge is -2.26. The first-order chi connectivity index (χ1) is 29.9. The van der Waals surface area contributed by atoms with Crippen LogP contribution in [0.2, 0.25) is 0 Å². The van der Waals surface area contributed by atoms with Crippen LogP contribution >= 0.6 is 0 Å². The number of nitrogens with zero attached hydrogens (tertiary/aromatic N) is 2. The fourth-order valence-corrected chi connectivity index (χ4v) is 6.96. The second-order valence-electron chi connectivity index (χ2n) is 14.8. The molecule has 0 spiro atoms. The summed E-state index contributed by atoms with van der Waals surface area (Å²) in [6, 6.07) is 30.7. The number of ketones is 2. The van der Waals surface area contributed by atoms with Crippen molar-refractivity contribution < 1.29 is 38.2 Å². The largest absolute Gasteiger partial charge is 0.381 e. The molecule has 0 bridgehead atoms. The molecule has 0 radical (unpaired) electrons. The predicted octanol–water partition coefficient (Wildman–Crippen LogP) is 6.30. The normalized spacial score (nSPS) is 12.3. The van der Waals surface area contributed by atoms with Gasteiger partial charge in [-0.2, -0.15) is 0 Å². The monoisotopic (exact) mass is 821 g/mol. The molecular weight excluding hydrogens is 771 g/mol. The molecule has 0 unspecified atom stereocenters. The SMILES string of the molecule is O=C(CCCOCCCCC(=O)COCCOCC(=O)NCCC(=O)N1Cc2ccccc2C#Cc2ccccc21)CCC(=O)N1Cc2ccccc2C#Cc2ccccc21. The van der Waals surface area contributed by atoms with Gasteiger partial charge in [-0.05, 0) is 66.8 Å². The van der Waals surface area contributed by atoms with E-state index in [-0.39, 0.29) is 81.5 Å². The third kappa shape index (κ3) is 13.6. The van der Waals surface area contributed by atoms with Crippen LogP contribution in [0, 0.1) is 23.7 Å². The Morgan fingerprint density at radius 3 is 1.59 bits per heavy atom. The number of amides is 3. The summed E-state index contributed by atoms with van der Waals surface area (Å²) in [5.74, 6) is 12.2. The highest BCUT2D eigenvalue weighted by Gasteiger charge is 2.23. The van der Waals surface area contributed by atoms with Gasteiger partial charge in [0.1, 0.15) is 19.0 Å². The minimum atomic E-state index is -0.345. The Hall–Kier alpha value is -6.37. The summed E-state index contributed by atoms with van der Waals surface area (Å²) in [5, 5.41) is 2.73. The van der Waals surface area contributed by atoms with Gasteiger partial charge in [-0.1, -0.05) is 84.3 Å². The molecule has 3 amide bonds. The van der Waals surface area contributed by atoms with Crippen molar-refractivity contribution in [3.05, 3.63) is 130 Å². The number of rotatable bonds is 22. The van der Waals surface area contributed by atoms with Gasteiger partial charge in [0.05, 0.1) is 37.7 Å². The molecule has 314 valence electrons. The lowest BCUT2D eigenvalue weighted by atomic mass is 10.0. The summed E-state index contributed by atoms with van der Waals surface area (Å²) < 4.78 is 16.5. The minimum absolute atomic E-state index is 0.0227. The van der Waals surface area contributed by atoms with Gasteiger partial charge in [-0.3, -0.25) is 24.0 Å². The maximum atomic E-state index is 13.4. The van der Waals surface area contributed by atoms with Gasteiger partial charge < -0.3 is 29.3 Å². The van der Waals surface area contributed by atoms with E-state index < -0.39 is 0 Å². The fraction of sp³-hybridized carbons (Fsp3) is 0.340. The summed E-state index contributed by atoms with van der Waals surface area (Å²) in [4.78, 5) is 67.3. The number of Topliss-reactive ketones (excluding diaryl/α,β-unsaturated/α-hetero) is 2. The number of para-hydroxylation sites is 2. The summed E-state index contributed by atoms with van der Waals surface area (Å²) >= 11 is 0. The molecule has 0 aromatic heterocycles. The molecule has 6 rings (SSSR count). The molecule has 2 aliphatic heterocycles. The molecule has 61 heavy (non-hydrogen) atoms. The van der Waals surface area contributed by atoms with Gasteiger partial charge in [0.2, 0.25) is 17.7 Å². The molecule has 0 fully saturated rings.